The molecule has 0 aliphatic carbocycles. The average molecular weight is 335 g/mol. The molecular weight excluding hydrogens is 324 g/mol. The van der Waals surface area contributed by atoms with E-state index in [0.29, 0.717) is 5.56 Å². The van der Waals surface area contributed by atoms with Crippen LogP contribution in [0, 0.1) is 17.0 Å². The van der Waals surface area contributed by atoms with E-state index in [0.717, 1.165) is 10.0 Å². The molecule has 0 spiro atoms. The maximum absolute atomic E-state index is 12.1. The fourth-order valence-corrected chi connectivity index (χ4v) is 2.13. The van der Waals surface area contributed by atoms with Crippen LogP contribution in [0.1, 0.15) is 15.9 Å². The molecule has 0 saturated carbocycles. The number of rotatable bonds is 3. The quantitative estimate of drug-likeness (QED) is 0.683. The molecule has 0 bridgehead atoms. The van der Waals surface area contributed by atoms with E-state index in [-0.39, 0.29) is 17.3 Å². The zero-order valence-electron chi connectivity index (χ0n) is 10.6. The summed E-state index contributed by atoms with van der Waals surface area (Å²) < 4.78 is 0.767. The van der Waals surface area contributed by atoms with Crippen molar-refractivity contribution < 1.29 is 9.72 Å². The average Bonchev–Trinajstić information content (AvgIpc) is 2.38. The van der Waals surface area contributed by atoms with Gasteiger partial charge in [-0.3, -0.25) is 14.9 Å². The summed E-state index contributed by atoms with van der Waals surface area (Å²) in [5.74, 6) is -0.389. The van der Waals surface area contributed by atoms with Gasteiger partial charge in [0.15, 0.2) is 0 Å². The van der Waals surface area contributed by atoms with Gasteiger partial charge >= 0.3 is 0 Å². The molecule has 6 heteroatoms. The number of nitro groups is 1. The van der Waals surface area contributed by atoms with Gasteiger partial charge in [-0.05, 0) is 36.8 Å². The number of nitrogens with zero attached hydrogens (tertiary/aromatic N) is 1. The zero-order valence-corrected chi connectivity index (χ0v) is 12.2. The van der Waals surface area contributed by atoms with Gasteiger partial charge in [0.25, 0.3) is 11.6 Å². The van der Waals surface area contributed by atoms with Gasteiger partial charge in [0.1, 0.15) is 5.69 Å². The van der Waals surface area contributed by atoms with E-state index in [2.05, 4.69) is 21.2 Å². The summed E-state index contributed by atoms with van der Waals surface area (Å²) in [5, 5.41) is 13.5. The van der Waals surface area contributed by atoms with Gasteiger partial charge < -0.3 is 5.32 Å². The predicted octanol–water partition coefficient (Wildman–Crippen LogP) is 3.92. The smallest absolute Gasteiger partial charge is 0.292 e. The summed E-state index contributed by atoms with van der Waals surface area (Å²) in [6.45, 7) is 1.80. The van der Waals surface area contributed by atoms with Gasteiger partial charge in [0.2, 0.25) is 0 Å². The SMILES string of the molecule is Cc1ccc([N+](=O)[O-])c(NC(=O)c2cccc(Br)c2)c1. The molecule has 0 heterocycles. The van der Waals surface area contributed by atoms with Crippen molar-refractivity contribution in [1.29, 1.82) is 0 Å². The molecule has 5 nitrogen and oxygen atoms in total. The van der Waals surface area contributed by atoms with Crippen molar-refractivity contribution in [2.45, 2.75) is 6.92 Å². The van der Waals surface area contributed by atoms with E-state index >= 15 is 0 Å². The summed E-state index contributed by atoms with van der Waals surface area (Å²) in [6, 6.07) is 11.4. The summed E-state index contributed by atoms with van der Waals surface area (Å²) in [7, 11) is 0. The summed E-state index contributed by atoms with van der Waals surface area (Å²) in [6.07, 6.45) is 0. The Morgan fingerprint density at radius 2 is 2.00 bits per heavy atom. The van der Waals surface area contributed by atoms with E-state index in [1.807, 2.05) is 0 Å². The van der Waals surface area contributed by atoms with Gasteiger partial charge in [-0.25, -0.2) is 0 Å². The molecule has 20 heavy (non-hydrogen) atoms. The molecule has 1 amide bonds. The minimum atomic E-state index is -0.518. The molecule has 1 N–H and O–H groups in total. The topological polar surface area (TPSA) is 72.2 Å². The molecule has 102 valence electrons. The van der Waals surface area contributed by atoms with Crippen LogP contribution in [0.25, 0.3) is 0 Å². The molecule has 0 atom stereocenters. The van der Waals surface area contributed by atoms with Crippen LogP contribution in [-0.2, 0) is 0 Å². The second kappa shape index (κ2) is 5.83. The first-order valence-electron chi connectivity index (χ1n) is 5.79. The first-order chi connectivity index (χ1) is 9.47. The highest BCUT2D eigenvalue weighted by Crippen LogP contribution is 2.26. The Morgan fingerprint density at radius 1 is 1.25 bits per heavy atom. The van der Waals surface area contributed by atoms with Crippen molar-refractivity contribution in [1.82, 2.24) is 0 Å². The minimum absolute atomic E-state index is 0.126. The van der Waals surface area contributed by atoms with Crippen molar-refractivity contribution >= 4 is 33.2 Å². The lowest BCUT2D eigenvalue weighted by Crippen LogP contribution is -2.13. The summed E-state index contributed by atoms with van der Waals surface area (Å²) in [4.78, 5) is 22.5. The molecule has 0 saturated heterocycles. The van der Waals surface area contributed by atoms with Gasteiger partial charge in [-0.1, -0.05) is 28.1 Å². The third-order valence-corrected chi connectivity index (χ3v) is 3.18. The molecule has 2 rings (SSSR count). The van der Waals surface area contributed by atoms with Crippen LogP contribution in [-0.4, -0.2) is 10.8 Å². The Balaban J connectivity index is 2.32. The monoisotopic (exact) mass is 334 g/mol. The second-order valence-electron chi connectivity index (χ2n) is 4.24. The predicted molar refractivity (Wildman–Crippen MR) is 79.9 cm³/mol. The van der Waals surface area contributed by atoms with E-state index in [9.17, 15) is 14.9 Å². The number of carbonyl (C=O) groups is 1. The lowest BCUT2D eigenvalue weighted by Gasteiger charge is -2.07. The fraction of sp³-hybridized carbons (Fsp3) is 0.0714. The normalized spacial score (nSPS) is 10.1. The molecule has 0 radical (unpaired) electrons. The van der Waals surface area contributed by atoms with Gasteiger partial charge in [-0.2, -0.15) is 0 Å². The molecule has 0 aliphatic rings. The van der Waals surface area contributed by atoms with Crippen LogP contribution >= 0.6 is 15.9 Å². The third kappa shape index (κ3) is 3.21. The third-order valence-electron chi connectivity index (χ3n) is 2.68. The Morgan fingerprint density at radius 3 is 2.65 bits per heavy atom. The Bertz CT molecular complexity index is 686. The van der Waals surface area contributed by atoms with Gasteiger partial charge in [-0.15, -0.1) is 0 Å². The van der Waals surface area contributed by atoms with Crippen molar-refractivity contribution in [3.63, 3.8) is 0 Å². The fourth-order valence-electron chi connectivity index (χ4n) is 1.73. The zero-order chi connectivity index (χ0) is 14.7. The molecule has 2 aromatic rings. The lowest BCUT2D eigenvalue weighted by atomic mass is 10.1. The highest BCUT2D eigenvalue weighted by Gasteiger charge is 2.16. The first-order valence-corrected chi connectivity index (χ1v) is 6.58. The number of hydrogen-bond donors (Lipinski definition) is 1. The Hall–Kier alpha value is -2.21. The molecule has 0 aliphatic heterocycles. The molecular formula is C14H11BrN2O3. The van der Waals surface area contributed by atoms with Crippen molar-refractivity contribution in [2.24, 2.45) is 0 Å². The molecule has 0 unspecified atom stereocenters. The van der Waals surface area contributed by atoms with Crippen LogP contribution in [0.5, 0.6) is 0 Å². The van der Waals surface area contributed by atoms with Crippen molar-refractivity contribution in [3.8, 4) is 0 Å². The number of amides is 1. The number of nitrogens with one attached hydrogen (secondary N) is 1. The van der Waals surface area contributed by atoms with Gasteiger partial charge in [0.05, 0.1) is 4.92 Å². The standard InChI is InChI=1S/C14H11BrN2O3/c1-9-5-6-13(17(19)20)12(7-9)16-14(18)10-3-2-4-11(15)8-10/h2-8H,1H3,(H,16,18). The minimum Gasteiger partial charge on any atom is -0.316 e. The number of halogens is 1. The number of hydrogen-bond acceptors (Lipinski definition) is 3. The Labute approximate surface area is 123 Å². The van der Waals surface area contributed by atoms with E-state index in [4.69, 9.17) is 0 Å². The lowest BCUT2D eigenvalue weighted by molar-refractivity contribution is -0.383. The van der Waals surface area contributed by atoms with Gasteiger partial charge in [0, 0.05) is 16.1 Å². The van der Waals surface area contributed by atoms with Crippen LogP contribution in [0.4, 0.5) is 11.4 Å². The summed E-state index contributed by atoms with van der Waals surface area (Å²) >= 11 is 3.28. The number of anilines is 1. The summed E-state index contributed by atoms with van der Waals surface area (Å²) in [5.41, 5.74) is 1.33. The number of aryl methyl sites for hydroxylation is 1. The van der Waals surface area contributed by atoms with Crippen LogP contribution in [0.2, 0.25) is 0 Å². The van der Waals surface area contributed by atoms with Crippen molar-refractivity contribution in [3.05, 3.63) is 68.2 Å². The number of benzene rings is 2. The van der Waals surface area contributed by atoms with E-state index < -0.39 is 4.92 Å². The largest absolute Gasteiger partial charge is 0.316 e. The number of nitro benzene ring substituents is 1. The highest BCUT2D eigenvalue weighted by molar-refractivity contribution is 9.10. The molecule has 0 aromatic heterocycles. The van der Waals surface area contributed by atoms with E-state index in [1.54, 1.807) is 43.3 Å². The van der Waals surface area contributed by atoms with Crippen molar-refractivity contribution in [2.75, 3.05) is 5.32 Å². The number of carbonyl (C=O) groups excluding carboxylic acids is 1. The first kappa shape index (κ1) is 14.2. The second-order valence-corrected chi connectivity index (χ2v) is 5.16. The van der Waals surface area contributed by atoms with E-state index in [1.165, 1.54) is 6.07 Å². The van der Waals surface area contributed by atoms with Crippen LogP contribution in [0.3, 0.4) is 0 Å². The van der Waals surface area contributed by atoms with Crippen LogP contribution in [0.15, 0.2) is 46.9 Å². The maximum Gasteiger partial charge on any atom is 0.292 e. The molecule has 0 fully saturated rings. The molecule has 2 aromatic carbocycles. The van der Waals surface area contributed by atoms with Crippen LogP contribution < -0.4 is 5.32 Å². The maximum atomic E-state index is 12.1. The highest BCUT2D eigenvalue weighted by atomic mass is 79.9. The Kier molecular flexibility index (Phi) is 4.14.